The Morgan fingerprint density at radius 2 is 1.80 bits per heavy atom. The number of nitrogens with zero attached hydrogens (tertiary/aromatic N) is 2. The lowest BCUT2D eigenvalue weighted by molar-refractivity contribution is 0.196. The van der Waals surface area contributed by atoms with Gasteiger partial charge in [-0.15, -0.1) is 0 Å². The number of aliphatic hydroxyl groups excluding tert-OH is 1. The first-order valence-electron chi connectivity index (χ1n) is 5.93. The Morgan fingerprint density at radius 1 is 1.20 bits per heavy atom. The number of halogens is 1. The molecule has 0 aliphatic rings. The third-order valence-electron chi connectivity index (χ3n) is 2.69. The Hall–Kier alpha value is -1.86. The molecule has 5 N–H and O–H groups in total. The molecule has 0 aliphatic carbocycles. The van der Waals surface area contributed by atoms with E-state index in [1.165, 1.54) is 23.9 Å². The number of aryl methyl sites for hydroxylation is 1. The van der Waals surface area contributed by atoms with Gasteiger partial charge in [0.1, 0.15) is 17.5 Å². The molecule has 2 aromatic rings. The number of hydrogen-bond donors (Lipinski definition) is 3. The van der Waals surface area contributed by atoms with Crippen molar-refractivity contribution in [1.82, 2.24) is 9.97 Å². The molecule has 0 spiro atoms. The van der Waals surface area contributed by atoms with Crippen LogP contribution in [0, 0.1) is 12.7 Å². The highest BCUT2D eigenvalue weighted by atomic mass is 32.2. The third kappa shape index (κ3) is 3.17. The van der Waals surface area contributed by atoms with E-state index in [0.29, 0.717) is 21.2 Å². The Kier molecular flexibility index (Phi) is 4.10. The standard InChI is InChI=1S/C13H15FN4OS/c1-6-3-10(8(7(2)19)4-9(6)14)20-13-17-11(15)5-12(16)18-13/h3-5,7,19H,1-2H3,(H4,15,16,17,18)/t7-/m0/s1. The lowest BCUT2D eigenvalue weighted by Gasteiger charge is -2.13. The van der Waals surface area contributed by atoms with Crippen molar-refractivity contribution in [2.75, 3.05) is 11.5 Å². The summed E-state index contributed by atoms with van der Waals surface area (Å²) in [6, 6.07) is 4.42. The van der Waals surface area contributed by atoms with E-state index in [-0.39, 0.29) is 17.5 Å². The minimum Gasteiger partial charge on any atom is -0.389 e. The van der Waals surface area contributed by atoms with Crippen LogP contribution in [0.25, 0.3) is 0 Å². The molecule has 0 amide bonds. The van der Waals surface area contributed by atoms with E-state index in [4.69, 9.17) is 11.5 Å². The molecular formula is C13H15FN4OS. The summed E-state index contributed by atoms with van der Waals surface area (Å²) >= 11 is 1.18. The van der Waals surface area contributed by atoms with Crippen molar-refractivity contribution in [3.05, 3.63) is 35.1 Å². The number of hydrogen-bond acceptors (Lipinski definition) is 6. The monoisotopic (exact) mass is 294 g/mol. The van der Waals surface area contributed by atoms with Gasteiger partial charge in [-0.25, -0.2) is 14.4 Å². The first-order valence-corrected chi connectivity index (χ1v) is 6.74. The molecular weight excluding hydrogens is 279 g/mol. The summed E-state index contributed by atoms with van der Waals surface area (Å²) in [5, 5.41) is 10.1. The van der Waals surface area contributed by atoms with Gasteiger partial charge in [0.2, 0.25) is 0 Å². The van der Waals surface area contributed by atoms with E-state index in [1.54, 1.807) is 19.9 Å². The highest BCUT2D eigenvalue weighted by molar-refractivity contribution is 7.99. The van der Waals surface area contributed by atoms with Crippen LogP contribution in [0.1, 0.15) is 24.2 Å². The fourth-order valence-corrected chi connectivity index (χ4v) is 2.77. The van der Waals surface area contributed by atoms with E-state index in [2.05, 4.69) is 9.97 Å². The van der Waals surface area contributed by atoms with Crippen molar-refractivity contribution in [3.63, 3.8) is 0 Å². The van der Waals surface area contributed by atoms with Gasteiger partial charge in [-0.1, -0.05) is 0 Å². The van der Waals surface area contributed by atoms with Crippen molar-refractivity contribution in [1.29, 1.82) is 0 Å². The summed E-state index contributed by atoms with van der Waals surface area (Å²) < 4.78 is 13.6. The zero-order chi connectivity index (χ0) is 14.9. The van der Waals surface area contributed by atoms with Crippen LogP contribution in [0.3, 0.4) is 0 Å². The molecule has 1 atom stereocenters. The van der Waals surface area contributed by atoms with Gasteiger partial charge in [0.05, 0.1) is 6.10 Å². The second-order valence-corrected chi connectivity index (χ2v) is 5.43. The first-order chi connectivity index (χ1) is 9.36. The minimum atomic E-state index is -0.800. The maximum atomic E-state index is 13.6. The smallest absolute Gasteiger partial charge is 0.196 e. The van der Waals surface area contributed by atoms with Crippen LogP contribution in [0.15, 0.2) is 28.3 Å². The molecule has 0 unspecified atom stereocenters. The summed E-state index contributed by atoms with van der Waals surface area (Å²) in [5.41, 5.74) is 12.2. The van der Waals surface area contributed by atoms with E-state index < -0.39 is 6.10 Å². The summed E-state index contributed by atoms with van der Waals surface area (Å²) in [5.74, 6) is 0.160. The number of aliphatic hydroxyl groups is 1. The zero-order valence-electron chi connectivity index (χ0n) is 11.1. The van der Waals surface area contributed by atoms with E-state index >= 15 is 0 Å². The molecule has 7 heteroatoms. The van der Waals surface area contributed by atoms with Gasteiger partial charge in [-0.2, -0.15) is 0 Å². The summed E-state index contributed by atoms with van der Waals surface area (Å²) in [7, 11) is 0. The Morgan fingerprint density at radius 3 is 2.35 bits per heavy atom. The third-order valence-corrected chi connectivity index (χ3v) is 3.63. The normalized spacial score (nSPS) is 12.4. The van der Waals surface area contributed by atoms with Crippen LogP contribution in [0.2, 0.25) is 0 Å². The molecule has 0 saturated carbocycles. The van der Waals surface area contributed by atoms with Gasteiger partial charge in [0, 0.05) is 11.0 Å². The molecule has 0 bridgehead atoms. The average molecular weight is 294 g/mol. The molecule has 1 aromatic heterocycles. The minimum absolute atomic E-state index is 0.262. The maximum Gasteiger partial charge on any atom is 0.196 e. The predicted octanol–water partition coefficient (Wildman–Crippen LogP) is 2.29. The fourth-order valence-electron chi connectivity index (χ4n) is 1.69. The van der Waals surface area contributed by atoms with Gasteiger partial charge < -0.3 is 16.6 Å². The van der Waals surface area contributed by atoms with Gasteiger partial charge >= 0.3 is 0 Å². The van der Waals surface area contributed by atoms with E-state index in [9.17, 15) is 9.50 Å². The number of rotatable bonds is 3. The molecule has 0 saturated heterocycles. The second-order valence-electron chi connectivity index (χ2n) is 4.42. The Labute approximate surface area is 120 Å². The number of anilines is 2. The van der Waals surface area contributed by atoms with Crippen molar-refractivity contribution in [2.24, 2.45) is 0 Å². The largest absolute Gasteiger partial charge is 0.389 e. The van der Waals surface area contributed by atoms with Gasteiger partial charge in [-0.05, 0) is 48.9 Å². The summed E-state index contributed by atoms with van der Waals surface area (Å²) in [4.78, 5) is 8.78. The van der Waals surface area contributed by atoms with Crippen LogP contribution in [-0.4, -0.2) is 15.1 Å². The summed E-state index contributed by atoms with van der Waals surface area (Å²) in [6.07, 6.45) is -0.800. The molecule has 20 heavy (non-hydrogen) atoms. The number of nitrogen functional groups attached to an aromatic ring is 2. The first kappa shape index (κ1) is 14.5. The van der Waals surface area contributed by atoms with Crippen molar-refractivity contribution < 1.29 is 9.50 Å². The van der Waals surface area contributed by atoms with Crippen LogP contribution in [0.5, 0.6) is 0 Å². The van der Waals surface area contributed by atoms with Crippen LogP contribution in [0.4, 0.5) is 16.0 Å². The van der Waals surface area contributed by atoms with Gasteiger partial charge in [0.15, 0.2) is 5.16 Å². The van der Waals surface area contributed by atoms with Crippen LogP contribution >= 0.6 is 11.8 Å². The number of aromatic nitrogens is 2. The van der Waals surface area contributed by atoms with Crippen molar-refractivity contribution in [3.8, 4) is 0 Å². The lowest BCUT2D eigenvalue weighted by Crippen LogP contribution is -2.01. The van der Waals surface area contributed by atoms with Crippen molar-refractivity contribution in [2.45, 2.75) is 30.0 Å². The van der Waals surface area contributed by atoms with E-state index in [0.717, 1.165) is 0 Å². The molecule has 106 valence electrons. The highest BCUT2D eigenvalue weighted by Gasteiger charge is 2.14. The average Bonchev–Trinajstić information content (AvgIpc) is 2.31. The zero-order valence-corrected chi connectivity index (χ0v) is 11.9. The van der Waals surface area contributed by atoms with Crippen LogP contribution in [-0.2, 0) is 0 Å². The topological polar surface area (TPSA) is 98.0 Å². The number of nitrogens with two attached hydrogens (primary N) is 2. The number of benzene rings is 1. The molecule has 0 radical (unpaired) electrons. The van der Waals surface area contributed by atoms with Crippen molar-refractivity contribution >= 4 is 23.4 Å². The fraction of sp³-hybridized carbons (Fsp3) is 0.231. The van der Waals surface area contributed by atoms with Crippen LogP contribution < -0.4 is 11.5 Å². The van der Waals surface area contributed by atoms with Gasteiger partial charge in [-0.3, -0.25) is 0 Å². The highest BCUT2D eigenvalue weighted by Crippen LogP contribution is 2.33. The lowest BCUT2D eigenvalue weighted by atomic mass is 10.1. The Balaban J connectivity index is 2.44. The van der Waals surface area contributed by atoms with E-state index in [1.807, 2.05) is 0 Å². The summed E-state index contributed by atoms with van der Waals surface area (Å²) in [6.45, 7) is 3.22. The predicted molar refractivity (Wildman–Crippen MR) is 76.8 cm³/mol. The molecule has 1 heterocycles. The second kappa shape index (κ2) is 5.64. The SMILES string of the molecule is Cc1cc(Sc2nc(N)cc(N)n2)c([C@H](C)O)cc1F. The maximum absolute atomic E-state index is 13.6. The molecule has 2 rings (SSSR count). The molecule has 5 nitrogen and oxygen atoms in total. The quantitative estimate of drug-likeness (QED) is 0.751. The molecule has 1 aromatic carbocycles. The molecule has 0 aliphatic heterocycles. The Bertz CT molecular complexity index is 628. The van der Waals surface area contributed by atoms with Gasteiger partial charge in [0.25, 0.3) is 0 Å². The molecule has 0 fully saturated rings.